The fourth-order valence-electron chi connectivity index (χ4n) is 2.98. The van der Waals surface area contributed by atoms with Gasteiger partial charge in [-0.2, -0.15) is 4.99 Å². The number of aryl methyl sites for hydroxylation is 1. The number of ether oxygens (including phenoxy) is 1. The summed E-state index contributed by atoms with van der Waals surface area (Å²) in [6, 6.07) is 15.2. The summed E-state index contributed by atoms with van der Waals surface area (Å²) in [6.07, 6.45) is 0. The van der Waals surface area contributed by atoms with E-state index in [1.165, 1.54) is 11.3 Å². The summed E-state index contributed by atoms with van der Waals surface area (Å²) in [5, 5.41) is 0.893. The van der Waals surface area contributed by atoms with Gasteiger partial charge in [-0.3, -0.25) is 4.79 Å². The molecule has 0 aliphatic rings. The number of carbonyl (C=O) groups is 1. The van der Waals surface area contributed by atoms with Gasteiger partial charge in [0.25, 0.3) is 0 Å². The second kappa shape index (κ2) is 6.80. The highest BCUT2D eigenvalue weighted by Crippen LogP contribution is 2.27. The number of aromatic nitrogens is 1. The molecule has 0 saturated carbocycles. The molecule has 4 rings (SSSR count). The highest BCUT2D eigenvalue weighted by atomic mass is 32.1. The van der Waals surface area contributed by atoms with Gasteiger partial charge in [-0.25, -0.2) is 0 Å². The molecular weight excluding hydrogens is 348 g/mol. The zero-order valence-corrected chi connectivity index (χ0v) is 15.4. The molecule has 0 saturated heterocycles. The number of para-hydroxylation sites is 2. The average molecular weight is 366 g/mol. The molecule has 0 bridgehead atoms. The van der Waals surface area contributed by atoms with Crippen LogP contribution in [0.3, 0.4) is 0 Å². The summed E-state index contributed by atoms with van der Waals surface area (Å²) in [7, 11) is 0. The monoisotopic (exact) mass is 366 g/mol. The van der Waals surface area contributed by atoms with Crippen LogP contribution in [0.1, 0.15) is 24.4 Å². The molecule has 132 valence electrons. The van der Waals surface area contributed by atoms with Crippen LogP contribution in [0.25, 0.3) is 21.2 Å². The third-order valence-corrected chi connectivity index (χ3v) is 5.16. The van der Waals surface area contributed by atoms with Gasteiger partial charge in [0.05, 0.1) is 11.3 Å². The SMILES string of the molecule is CCOc1cccc2sc(=NC(=O)c3cc4ccccc4o3)n(CC)c12. The van der Waals surface area contributed by atoms with E-state index in [4.69, 9.17) is 9.15 Å². The third kappa shape index (κ3) is 2.82. The predicted octanol–water partition coefficient (Wildman–Crippen LogP) is 4.61. The molecule has 4 aromatic rings. The first-order chi connectivity index (χ1) is 12.7. The van der Waals surface area contributed by atoms with Gasteiger partial charge in [-0.15, -0.1) is 0 Å². The van der Waals surface area contributed by atoms with E-state index >= 15 is 0 Å². The van der Waals surface area contributed by atoms with Crippen molar-refractivity contribution in [3.8, 4) is 5.75 Å². The van der Waals surface area contributed by atoms with Gasteiger partial charge >= 0.3 is 5.91 Å². The molecule has 0 unspecified atom stereocenters. The standard InChI is InChI=1S/C20H18N2O3S/c1-3-22-18-15(24-4-2)10-7-11-17(18)26-20(22)21-19(23)16-12-13-8-5-6-9-14(13)25-16/h5-12H,3-4H2,1-2H3. The molecule has 0 spiro atoms. The number of furan rings is 1. The van der Waals surface area contributed by atoms with Crippen molar-refractivity contribution in [2.24, 2.45) is 4.99 Å². The van der Waals surface area contributed by atoms with E-state index in [9.17, 15) is 4.79 Å². The van der Waals surface area contributed by atoms with Crippen molar-refractivity contribution in [2.45, 2.75) is 20.4 Å². The molecule has 0 atom stereocenters. The Kier molecular flexibility index (Phi) is 4.34. The molecule has 2 heterocycles. The normalized spacial score (nSPS) is 12.2. The topological polar surface area (TPSA) is 56.7 Å². The molecule has 0 fully saturated rings. The first kappa shape index (κ1) is 16.6. The first-order valence-corrected chi connectivity index (χ1v) is 9.35. The van der Waals surface area contributed by atoms with Gasteiger partial charge in [0, 0.05) is 11.9 Å². The molecule has 2 aromatic heterocycles. The summed E-state index contributed by atoms with van der Waals surface area (Å²) < 4.78 is 14.4. The summed E-state index contributed by atoms with van der Waals surface area (Å²) in [4.78, 5) is 17.6. The lowest BCUT2D eigenvalue weighted by atomic mass is 10.2. The lowest BCUT2D eigenvalue weighted by Gasteiger charge is -2.07. The fraction of sp³-hybridized carbons (Fsp3) is 0.200. The van der Waals surface area contributed by atoms with Crippen LogP contribution >= 0.6 is 11.3 Å². The minimum Gasteiger partial charge on any atom is -0.492 e. The van der Waals surface area contributed by atoms with E-state index in [2.05, 4.69) is 4.99 Å². The Labute approximate surface area is 154 Å². The van der Waals surface area contributed by atoms with Crippen molar-refractivity contribution in [3.63, 3.8) is 0 Å². The smallest absolute Gasteiger partial charge is 0.315 e. The van der Waals surface area contributed by atoms with Crippen LogP contribution in [0, 0.1) is 0 Å². The zero-order chi connectivity index (χ0) is 18.1. The van der Waals surface area contributed by atoms with Crippen LogP contribution < -0.4 is 9.54 Å². The Hall–Kier alpha value is -2.86. The maximum Gasteiger partial charge on any atom is 0.315 e. The van der Waals surface area contributed by atoms with Crippen molar-refractivity contribution in [1.82, 2.24) is 4.57 Å². The van der Waals surface area contributed by atoms with Crippen LogP contribution in [0.5, 0.6) is 5.75 Å². The van der Waals surface area contributed by atoms with Gasteiger partial charge in [-0.05, 0) is 38.1 Å². The fourth-order valence-corrected chi connectivity index (χ4v) is 4.09. The van der Waals surface area contributed by atoms with Crippen LogP contribution in [0.4, 0.5) is 0 Å². The van der Waals surface area contributed by atoms with Crippen molar-refractivity contribution < 1.29 is 13.9 Å². The largest absolute Gasteiger partial charge is 0.492 e. The van der Waals surface area contributed by atoms with Crippen molar-refractivity contribution >= 4 is 38.4 Å². The van der Waals surface area contributed by atoms with E-state index in [0.717, 1.165) is 21.4 Å². The molecule has 26 heavy (non-hydrogen) atoms. The number of carbonyl (C=O) groups excluding carboxylic acids is 1. The van der Waals surface area contributed by atoms with Crippen molar-refractivity contribution in [1.29, 1.82) is 0 Å². The van der Waals surface area contributed by atoms with Crippen LogP contribution in [0.2, 0.25) is 0 Å². The molecule has 0 aliphatic carbocycles. The number of nitrogens with zero attached hydrogens (tertiary/aromatic N) is 2. The van der Waals surface area contributed by atoms with Gasteiger partial charge in [-0.1, -0.05) is 35.6 Å². The lowest BCUT2D eigenvalue weighted by Crippen LogP contribution is -2.16. The van der Waals surface area contributed by atoms with Gasteiger partial charge < -0.3 is 13.7 Å². The van der Waals surface area contributed by atoms with Gasteiger partial charge in [0.15, 0.2) is 10.6 Å². The number of thiazole rings is 1. The molecule has 0 radical (unpaired) electrons. The first-order valence-electron chi connectivity index (χ1n) is 8.54. The second-order valence-corrected chi connectivity index (χ2v) is 6.74. The Morgan fingerprint density at radius 1 is 1.19 bits per heavy atom. The van der Waals surface area contributed by atoms with E-state index in [-0.39, 0.29) is 11.7 Å². The number of benzene rings is 2. The minimum absolute atomic E-state index is 0.247. The predicted molar refractivity (Wildman–Crippen MR) is 103 cm³/mol. The molecule has 1 amide bonds. The van der Waals surface area contributed by atoms with Crippen molar-refractivity contribution in [2.75, 3.05) is 6.61 Å². The number of amides is 1. The number of hydrogen-bond acceptors (Lipinski definition) is 4. The number of fused-ring (bicyclic) bond motifs is 2. The summed E-state index contributed by atoms with van der Waals surface area (Å²) in [5.41, 5.74) is 1.65. The Morgan fingerprint density at radius 2 is 2.04 bits per heavy atom. The molecular formula is C20H18N2O3S. The van der Waals surface area contributed by atoms with Gasteiger partial charge in [0.2, 0.25) is 0 Å². The van der Waals surface area contributed by atoms with Gasteiger partial charge in [0.1, 0.15) is 16.8 Å². The molecule has 0 aliphatic heterocycles. The summed E-state index contributed by atoms with van der Waals surface area (Å²) in [6.45, 7) is 5.26. The Balaban J connectivity index is 1.84. The summed E-state index contributed by atoms with van der Waals surface area (Å²) in [5.74, 6) is 0.671. The van der Waals surface area contributed by atoms with E-state index < -0.39 is 0 Å². The maximum absolute atomic E-state index is 12.6. The minimum atomic E-state index is -0.382. The van der Waals surface area contributed by atoms with Crippen molar-refractivity contribution in [3.05, 3.63) is 59.1 Å². The second-order valence-electron chi connectivity index (χ2n) is 5.73. The van der Waals surface area contributed by atoms with E-state index in [1.807, 2.05) is 60.9 Å². The zero-order valence-electron chi connectivity index (χ0n) is 14.6. The molecule has 5 nitrogen and oxygen atoms in total. The molecule has 2 aromatic carbocycles. The quantitative estimate of drug-likeness (QED) is 0.530. The highest BCUT2D eigenvalue weighted by molar-refractivity contribution is 7.16. The van der Waals surface area contributed by atoms with Crippen LogP contribution in [-0.2, 0) is 6.54 Å². The number of rotatable bonds is 4. The molecule has 6 heteroatoms. The van der Waals surface area contributed by atoms with E-state index in [0.29, 0.717) is 23.5 Å². The average Bonchev–Trinajstić information content (AvgIpc) is 3.23. The molecule has 0 N–H and O–H groups in total. The summed E-state index contributed by atoms with van der Waals surface area (Å²) >= 11 is 1.47. The maximum atomic E-state index is 12.6. The Bertz CT molecular complexity index is 1130. The third-order valence-electron chi connectivity index (χ3n) is 4.11. The number of hydrogen-bond donors (Lipinski definition) is 0. The Morgan fingerprint density at radius 3 is 2.81 bits per heavy atom. The lowest BCUT2D eigenvalue weighted by molar-refractivity contribution is 0.0973. The van der Waals surface area contributed by atoms with E-state index in [1.54, 1.807) is 6.07 Å². The van der Waals surface area contributed by atoms with Crippen LogP contribution in [-0.4, -0.2) is 17.1 Å². The van der Waals surface area contributed by atoms with Crippen LogP contribution in [0.15, 0.2) is 57.9 Å². The highest BCUT2D eigenvalue weighted by Gasteiger charge is 2.14.